The van der Waals surface area contributed by atoms with Crippen LogP contribution < -0.4 is 0 Å². The molecule has 0 N–H and O–H groups in total. The van der Waals surface area contributed by atoms with E-state index < -0.39 is 0 Å². The molecular formula is C40H82N2O. The summed E-state index contributed by atoms with van der Waals surface area (Å²) in [4.78, 5) is 16.6. The third kappa shape index (κ3) is 34.3. The van der Waals surface area contributed by atoms with Crippen LogP contribution in [0, 0.1) is 0 Å². The minimum Gasteiger partial charge on any atom is -0.302 e. The van der Waals surface area contributed by atoms with Crippen LogP contribution in [0.15, 0.2) is 0 Å². The van der Waals surface area contributed by atoms with Crippen molar-refractivity contribution in [3.63, 3.8) is 0 Å². The summed E-state index contributed by atoms with van der Waals surface area (Å²) in [5, 5.41) is 0. The van der Waals surface area contributed by atoms with Crippen molar-refractivity contribution in [1.82, 2.24) is 9.80 Å². The fourth-order valence-electron chi connectivity index (χ4n) is 6.49. The molecule has 43 heavy (non-hydrogen) atoms. The van der Waals surface area contributed by atoms with Crippen molar-refractivity contribution in [3.8, 4) is 0 Å². The van der Waals surface area contributed by atoms with Crippen LogP contribution >= 0.6 is 0 Å². The van der Waals surface area contributed by atoms with Crippen molar-refractivity contribution in [2.45, 2.75) is 213 Å². The van der Waals surface area contributed by atoms with Gasteiger partial charge in [0.25, 0.3) is 0 Å². The van der Waals surface area contributed by atoms with E-state index in [0.717, 1.165) is 25.9 Å². The van der Waals surface area contributed by atoms with Crippen molar-refractivity contribution >= 4 is 6.29 Å². The van der Waals surface area contributed by atoms with Gasteiger partial charge in [0, 0.05) is 13.1 Å². The van der Waals surface area contributed by atoms with E-state index in [1.165, 1.54) is 206 Å². The molecule has 0 radical (unpaired) electrons. The predicted octanol–water partition coefficient (Wildman–Crippen LogP) is 12.6. The highest BCUT2D eigenvalue weighted by molar-refractivity contribution is 5.51. The van der Waals surface area contributed by atoms with Crippen molar-refractivity contribution in [1.29, 1.82) is 0 Å². The van der Waals surface area contributed by atoms with Gasteiger partial charge in [-0.15, -0.1) is 0 Å². The highest BCUT2D eigenvalue weighted by Crippen LogP contribution is 2.14. The summed E-state index contributed by atoms with van der Waals surface area (Å²) < 4.78 is 0. The van der Waals surface area contributed by atoms with Crippen LogP contribution in [0.4, 0.5) is 0 Å². The Morgan fingerprint density at radius 1 is 0.302 bits per heavy atom. The molecule has 0 aliphatic carbocycles. The highest BCUT2D eigenvalue weighted by atomic mass is 16.1. The second-order valence-corrected chi connectivity index (χ2v) is 13.9. The Kier molecular flexibility index (Phi) is 37.4. The van der Waals surface area contributed by atoms with Crippen LogP contribution in [0.2, 0.25) is 0 Å². The molecule has 258 valence electrons. The zero-order chi connectivity index (χ0) is 31.3. The number of hydrogen-bond acceptors (Lipinski definition) is 3. The van der Waals surface area contributed by atoms with Crippen molar-refractivity contribution < 1.29 is 4.79 Å². The van der Waals surface area contributed by atoms with E-state index in [4.69, 9.17) is 0 Å². The maximum atomic E-state index is 11.4. The molecule has 0 heterocycles. The predicted molar refractivity (Wildman–Crippen MR) is 194 cm³/mol. The molecule has 0 fully saturated rings. The largest absolute Gasteiger partial charge is 0.302 e. The number of unbranched alkanes of at least 4 members (excludes halogenated alkanes) is 27. The lowest BCUT2D eigenvalue weighted by atomic mass is 10.1. The van der Waals surface area contributed by atoms with E-state index >= 15 is 0 Å². The summed E-state index contributed by atoms with van der Waals surface area (Å²) >= 11 is 0. The van der Waals surface area contributed by atoms with Crippen LogP contribution in [0.25, 0.3) is 0 Å². The SMILES string of the molecule is CCCCCCCCCCCCN(CC=O)CCN(CCCCCCCCCCCC)CCCCCCCCCCCC. The Hall–Kier alpha value is -0.410. The Morgan fingerprint density at radius 2 is 0.535 bits per heavy atom. The molecule has 0 aliphatic heterocycles. The molecule has 0 rings (SSSR count). The Morgan fingerprint density at radius 3 is 0.814 bits per heavy atom. The third-order valence-corrected chi connectivity index (χ3v) is 9.55. The molecule has 0 saturated heterocycles. The van der Waals surface area contributed by atoms with E-state index in [1.807, 2.05) is 0 Å². The molecule has 0 amide bonds. The molecule has 0 spiro atoms. The van der Waals surface area contributed by atoms with Crippen LogP contribution in [0.5, 0.6) is 0 Å². The first-order valence-corrected chi connectivity index (χ1v) is 20.2. The molecule has 0 bridgehead atoms. The standard InChI is InChI=1S/C40H82N2O/c1-4-7-10-13-16-19-22-25-28-31-34-41(35-32-29-26-23-20-17-14-11-8-5-2)37-38-42(39-40-43)36-33-30-27-24-21-18-15-12-9-6-3/h40H,4-39H2,1-3H3. The summed E-state index contributed by atoms with van der Waals surface area (Å²) in [6, 6.07) is 0. The summed E-state index contributed by atoms with van der Waals surface area (Å²) in [5.41, 5.74) is 0. The van der Waals surface area contributed by atoms with Gasteiger partial charge in [0.15, 0.2) is 0 Å². The minimum absolute atomic E-state index is 0.613. The average molecular weight is 607 g/mol. The first kappa shape index (κ1) is 42.6. The second-order valence-electron chi connectivity index (χ2n) is 13.9. The lowest BCUT2D eigenvalue weighted by Gasteiger charge is -2.27. The lowest BCUT2D eigenvalue weighted by Crippen LogP contribution is -2.37. The minimum atomic E-state index is 0.613. The molecule has 0 unspecified atom stereocenters. The van der Waals surface area contributed by atoms with Gasteiger partial charge >= 0.3 is 0 Å². The summed E-state index contributed by atoms with van der Waals surface area (Å²) in [5.74, 6) is 0. The Balaban J connectivity index is 4.26. The summed E-state index contributed by atoms with van der Waals surface area (Å²) in [6.45, 7) is 13.3. The first-order valence-electron chi connectivity index (χ1n) is 20.2. The van der Waals surface area contributed by atoms with Gasteiger partial charge in [-0.3, -0.25) is 4.90 Å². The van der Waals surface area contributed by atoms with E-state index in [1.54, 1.807) is 0 Å². The first-order chi connectivity index (χ1) is 21.3. The van der Waals surface area contributed by atoms with Crippen LogP contribution in [-0.2, 0) is 4.79 Å². The lowest BCUT2D eigenvalue weighted by molar-refractivity contribution is -0.108. The molecule has 0 aliphatic rings. The third-order valence-electron chi connectivity index (χ3n) is 9.55. The van der Waals surface area contributed by atoms with Crippen molar-refractivity contribution in [2.75, 3.05) is 39.3 Å². The van der Waals surface area contributed by atoms with E-state index in [9.17, 15) is 4.79 Å². The van der Waals surface area contributed by atoms with E-state index in [0.29, 0.717) is 6.54 Å². The van der Waals surface area contributed by atoms with Crippen molar-refractivity contribution in [2.24, 2.45) is 0 Å². The monoisotopic (exact) mass is 607 g/mol. The van der Waals surface area contributed by atoms with Gasteiger partial charge in [-0.05, 0) is 38.9 Å². The van der Waals surface area contributed by atoms with Crippen molar-refractivity contribution in [3.05, 3.63) is 0 Å². The maximum Gasteiger partial charge on any atom is 0.133 e. The molecule has 0 atom stereocenters. The van der Waals surface area contributed by atoms with Crippen LogP contribution in [-0.4, -0.2) is 55.4 Å². The quantitative estimate of drug-likeness (QED) is 0.0516. The zero-order valence-corrected chi connectivity index (χ0v) is 30.3. The fourth-order valence-corrected chi connectivity index (χ4v) is 6.49. The topological polar surface area (TPSA) is 23.6 Å². The zero-order valence-electron chi connectivity index (χ0n) is 30.3. The average Bonchev–Trinajstić information content (AvgIpc) is 3.01. The number of hydrogen-bond donors (Lipinski definition) is 0. The van der Waals surface area contributed by atoms with Gasteiger partial charge in [0.2, 0.25) is 0 Å². The Bertz CT molecular complexity index is 487. The summed E-state index contributed by atoms with van der Waals surface area (Å²) in [6.07, 6.45) is 43.1. The van der Waals surface area contributed by atoms with E-state index in [2.05, 4.69) is 30.6 Å². The van der Waals surface area contributed by atoms with Crippen LogP contribution in [0.1, 0.15) is 213 Å². The Labute approximate surface area is 273 Å². The number of carbonyl (C=O) groups excluding carboxylic acids is 1. The van der Waals surface area contributed by atoms with Gasteiger partial charge in [-0.1, -0.05) is 194 Å². The van der Waals surface area contributed by atoms with Crippen LogP contribution in [0.3, 0.4) is 0 Å². The molecule has 0 saturated carbocycles. The van der Waals surface area contributed by atoms with Gasteiger partial charge < -0.3 is 9.69 Å². The van der Waals surface area contributed by atoms with Gasteiger partial charge in [0.1, 0.15) is 6.29 Å². The maximum absolute atomic E-state index is 11.4. The molecule has 3 heteroatoms. The summed E-state index contributed by atoms with van der Waals surface area (Å²) in [7, 11) is 0. The van der Waals surface area contributed by atoms with E-state index in [-0.39, 0.29) is 0 Å². The fraction of sp³-hybridized carbons (Fsp3) is 0.975. The van der Waals surface area contributed by atoms with Gasteiger partial charge in [-0.2, -0.15) is 0 Å². The number of rotatable bonds is 38. The number of aldehydes is 1. The molecule has 0 aromatic carbocycles. The molecule has 0 aromatic heterocycles. The molecule has 3 nitrogen and oxygen atoms in total. The second kappa shape index (κ2) is 37.8. The molecule has 0 aromatic rings. The van der Waals surface area contributed by atoms with Gasteiger partial charge in [-0.25, -0.2) is 0 Å². The molecular weight excluding hydrogens is 524 g/mol. The van der Waals surface area contributed by atoms with Gasteiger partial charge in [0.05, 0.1) is 6.54 Å². The smallest absolute Gasteiger partial charge is 0.133 e. The highest BCUT2D eigenvalue weighted by Gasteiger charge is 2.10. The normalized spacial score (nSPS) is 11.7. The number of carbonyl (C=O) groups is 1. The number of nitrogens with zero attached hydrogens (tertiary/aromatic N) is 2.